The molecular formula is C40H58N4O5. The predicted octanol–water partition coefficient (Wildman–Crippen LogP) is 5.53. The molecule has 9 nitrogen and oxygen atoms in total. The quantitative estimate of drug-likeness (QED) is 0.113. The number of hydrogen-bond donors (Lipinski definition) is 3. The third-order valence-corrected chi connectivity index (χ3v) is 9.58. The molecule has 3 amide bonds. The van der Waals surface area contributed by atoms with Crippen molar-refractivity contribution in [2.45, 2.75) is 130 Å². The second kappa shape index (κ2) is 18.8. The van der Waals surface area contributed by atoms with E-state index in [1.165, 1.54) is 0 Å². The number of ketones is 2. The lowest BCUT2D eigenvalue weighted by Crippen LogP contribution is -2.54. The van der Waals surface area contributed by atoms with E-state index in [1.54, 1.807) is 25.7 Å². The number of carbonyl (C=O) groups is 5. The summed E-state index contributed by atoms with van der Waals surface area (Å²) in [6.45, 7) is 13.6. The molecule has 0 spiro atoms. The summed E-state index contributed by atoms with van der Waals surface area (Å²) in [4.78, 5) is 68.1. The molecule has 9 heteroatoms. The highest BCUT2D eigenvalue weighted by Crippen LogP contribution is 2.28. The summed E-state index contributed by atoms with van der Waals surface area (Å²) in [6.07, 6.45) is 9.33. The molecule has 0 radical (unpaired) electrons. The van der Waals surface area contributed by atoms with Crippen LogP contribution in [-0.2, 0) is 30.4 Å². The minimum Gasteiger partial charge on any atom is -0.352 e. The van der Waals surface area contributed by atoms with Crippen LogP contribution in [0.2, 0.25) is 0 Å². The molecule has 2 aliphatic rings. The average molecular weight is 675 g/mol. The number of hydrogen-bond acceptors (Lipinski definition) is 6. The Balaban J connectivity index is 1.68. The maximum absolute atomic E-state index is 14.1. The van der Waals surface area contributed by atoms with Crippen LogP contribution in [0.25, 0.3) is 0 Å². The highest BCUT2D eigenvalue weighted by molar-refractivity contribution is 6.24. The monoisotopic (exact) mass is 674 g/mol. The second-order valence-corrected chi connectivity index (χ2v) is 14.5. The van der Waals surface area contributed by atoms with E-state index in [4.69, 9.17) is 5.73 Å². The molecular weight excluding hydrogens is 616 g/mol. The molecule has 0 saturated carbocycles. The number of Topliss-reactive ketones (excluding diaryl/α,β-unsaturated/α-hetero) is 2. The molecule has 1 aliphatic carbocycles. The van der Waals surface area contributed by atoms with Gasteiger partial charge in [-0.1, -0.05) is 69.2 Å². The number of allylic oxidation sites excluding steroid dienone is 4. The maximum atomic E-state index is 14.1. The molecule has 49 heavy (non-hydrogen) atoms. The van der Waals surface area contributed by atoms with E-state index in [0.29, 0.717) is 79.7 Å². The number of benzene rings is 1. The lowest BCUT2D eigenvalue weighted by molar-refractivity contribution is -0.141. The molecule has 4 atom stereocenters. The van der Waals surface area contributed by atoms with Crippen molar-refractivity contribution in [3.05, 3.63) is 70.3 Å². The van der Waals surface area contributed by atoms with Gasteiger partial charge in [0.05, 0.1) is 5.92 Å². The van der Waals surface area contributed by atoms with E-state index in [9.17, 15) is 24.0 Å². The molecule has 1 heterocycles. The summed E-state index contributed by atoms with van der Waals surface area (Å²) >= 11 is 0. The van der Waals surface area contributed by atoms with Crippen molar-refractivity contribution in [1.29, 1.82) is 0 Å². The number of carbonyl (C=O) groups excluding carboxylic acids is 5. The van der Waals surface area contributed by atoms with Crippen molar-refractivity contribution in [3.8, 4) is 0 Å². The SMILES string of the molecule is CC1=C(C)C(=O)C(CCCCC[C@H](NC(=O)[C@@H]2CCCN2C(=O)[C@H](/C=C/[C@@H](N)CC(C)C)Cc2ccccc2)C(=O)NC(C)C)=C(C)C1=O. The van der Waals surface area contributed by atoms with Crippen LogP contribution in [0.15, 0.2) is 64.8 Å². The van der Waals surface area contributed by atoms with Gasteiger partial charge in [0, 0.05) is 40.9 Å². The van der Waals surface area contributed by atoms with Gasteiger partial charge in [0.15, 0.2) is 11.6 Å². The third-order valence-electron chi connectivity index (χ3n) is 9.58. The fraction of sp³-hybridized carbons (Fsp3) is 0.575. The smallest absolute Gasteiger partial charge is 0.243 e. The van der Waals surface area contributed by atoms with Crippen molar-refractivity contribution in [1.82, 2.24) is 15.5 Å². The Morgan fingerprint density at radius 2 is 1.57 bits per heavy atom. The van der Waals surface area contributed by atoms with Crippen LogP contribution in [-0.4, -0.2) is 64.9 Å². The molecule has 3 rings (SSSR count). The number of nitrogens with one attached hydrogen (secondary N) is 2. The number of amides is 3. The molecule has 0 unspecified atom stereocenters. The summed E-state index contributed by atoms with van der Waals surface area (Å²) in [7, 11) is 0. The first-order chi connectivity index (χ1) is 23.2. The molecule has 1 aromatic rings. The van der Waals surface area contributed by atoms with Crippen molar-refractivity contribution in [2.24, 2.45) is 17.6 Å². The zero-order valence-corrected chi connectivity index (χ0v) is 30.6. The molecule has 268 valence electrons. The highest BCUT2D eigenvalue weighted by Gasteiger charge is 2.38. The van der Waals surface area contributed by atoms with Crippen molar-refractivity contribution < 1.29 is 24.0 Å². The first-order valence-corrected chi connectivity index (χ1v) is 18.1. The minimum atomic E-state index is -0.756. The Morgan fingerprint density at radius 1 is 0.898 bits per heavy atom. The summed E-state index contributed by atoms with van der Waals surface area (Å²) < 4.78 is 0. The van der Waals surface area contributed by atoms with Crippen LogP contribution in [0.1, 0.15) is 105 Å². The first kappa shape index (κ1) is 39.6. The van der Waals surface area contributed by atoms with E-state index in [-0.39, 0.29) is 41.4 Å². The van der Waals surface area contributed by atoms with Crippen molar-refractivity contribution >= 4 is 29.3 Å². The molecule has 1 aromatic carbocycles. The second-order valence-electron chi connectivity index (χ2n) is 14.5. The fourth-order valence-corrected chi connectivity index (χ4v) is 6.73. The van der Waals surface area contributed by atoms with Gasteiger partial charge in [-0.25, -0.2) is 0 Å². The summed E-state index contributed by atoms with van der Waals surface area (Å²) in [5.74, 6) is -0.872. The van der Waals surface area contributed by atoms with Crippen molar-refractivity contribution in [2.75, 3.05) is 6.54 Å². The Morgan fingerprint density at radius 3 is 2.22 bits per heavy atom. The van der Waals surface area contributed by atoms with Crippen LogP contribution in [0, 0.1) is 11.8 Å². The topological polar surface area (TPSA) is 139 Å². The number of nitrogens with zero attached hydrogens (tertiary/aromatic N) is 1. The van der Waals surface area contributed by atoms with Gasteiger partial charge in [0.25, 0.3) is 0 Å². The highest BCUT2D eigenvalue weighted by atomic mass is 16.2. The van der Waals surface area contributed by atoms with Gasteiger partial charge in [-0.15, -0.1) is 0 Å². The van der Waals surface area contributed by atoms with Gasteiger partial charge in [0.1, 0.15) is 12.1 Å². The zero-order chi connectivity index (χ0) is 36.2. The summed E-state index contributed by atoms with van der Waals surface area (Å²) in [5.41, 5.74) is 9.48. The molecule has 1 fully saturated rings. The third kappa shape index (κ3) is 11.3. The summed E-state index contributed by atoms with van der Waals surface area (Å²) in [5, 5.41) is 5.91. The van der Waals surface area contributed by atoms with Gasteiger partial charge < -0.3 is 21.3 Å². The maximum Gasteiger partial charge on any atom is 0.243 e. The molecule has 1 aliphatic heterocycles. The van der Waals surface area contributed by atoms with Crippen molar-refractivity contribution in [3.63, 3.8) is 0 Å². The summed E-state index contributed by atoms with van der Waals surface area (Å²) in [6, 6.07) is 8.15. The van der Waals surface area contributed by atoms with Gasteiger partial charge in [-0.3, -0.25) is 24.0 Å². The minimum absolute atomic E-state index is 0.0633. The van der Waals surface area contributed by atoms with Gasteiger partial charge in [-0.05, 0) is 91.0 Å². The van der Waals surface area contributed by atoms with Gasteiger partial charge >= 0.3 is 0 Å². The number of nitrogens with two attached hydrogens (primary N) is 1. The van der Waals surface area contributed by atoms with E-state index in [0.717, 1.165) is 18.4 Å². The molecule has 1 saturated heterocycles. The Kier molecular flexibility index (Phi) is 15.2. The Labute approximate surface area is 293 Å². The normalized spacial score (nSPS) is 18.9. The number of rotatable bonds is 17. The van der Waals surface area contributed by atoms with Gasteiger partial charge in [-0.2, -0.15) is 0 Å². The van der Waals surface area contributed by atoms with E-state index < -0.39 is 18.0 Å². The van der Waals surface area contributed by atoms with Gasteiger partial charge in [0.2, 0.25) is 17.7 Å². The molecule has 4 N–H and O–H groups in total. The van der Waals surface area contributed by atoms with Crippen LogP contribution < -0.4 is 16.4 Å². The number of likely N-dealkylation sites (tertiary alicyclic amines) is 1. The number of unbranched alkanes of at least 4 members (excludes halogenated alkanes) is 2. The Bertz CT molecular complexity index is 1440. The van der Waals surface area contributed by atoms with E-state index >= 15 is 0 Å². The lowest BCUT2D eigenvalue weighted by atomic mass is 9.84. The van der Waals surface area contributed by atoms with Crippen LogP contribution in [0.3, 0.4) is 0 Å². The van der Waals surface area contributed by atoms with E-state index in [1.807, 2.05) is 56.3 Å². The lowest BCUT2D eigenvalue weighted by Gasteiger charge is -2.29. The van der Waals surface area contributed by atoms with Crippen LogP contribution in [0.4, 0.5) is 0 Å². The fourth-order valence-electron chi connectivity index (χ4n) is 6.73. The largest absolute Gasteiger partial charge is 0.352 e. The Hall–Kier alpha value is -3.85. The van der Waals surface area contributed by atoms with Crippen LogP contribution in [0.5, 0.6) is 0 Å². The van der Waals surface area contributed by atoms with Crippen LogP contribution >= 0.6 is 0 Å². The first-order valence-electron chi connectivity index (χ1n) is 18.1. The molecule has 0 bridgehead atoms. The zero-order valence-electron chi connectivity index (χ0n) is 30.6. The molecule has 0 aromatic heterocycles. The standard InChI is InChI=1S/C40H58N4O5/c1-25(2)23-32(41)21-20-31(24-30-15-10-8-11-16-30)40(49)44-22-14-19-35(44)39(48)43-34(38(47)42-26(3)4)18-13-9-12-17-33-29(7)36(45)27(5)28(6)37(33)46/h8,10-11,15-16,20-21,25-26,31-32,34-35H,9,12-14,17-19,22-24,41H2,1-7H3,(H,42,47)(H,43,48)/b21-20+/t31-,32-,34+,35+/m1/s1. The van der Waals surface area contributed by atoms with E-state index in [2.05, 4.69) is 24.5 Å². The average Bonchev–Trinajstić information content (AvgIpc) is 3.55. The predicted molar refractivity (Wildman–Crippen MR) is 194 cm³/mol.